The molecule has 10 nitrogen and oxygen atoms in total. The van der Waals surface area contributed by atoms with Crippen molar-refractivity contribution in [3.05, 3.63) is 109 Å². The number of anilines is 2. The second-order valence-corrected chi connectivity index (χ2v) is 12.0. The van der Waals surface area contributed by atoms with E-state index in [-0.39, 0.29) is 4.90 Å². The van der Waals surface area contributed by atoms with E-state index in [1.54, 1.807) is 76.3 Å². The largest absolute Gasteiger partial charge is 0.493 e. The second-order valence-electron chi connectivity index (χ2n) is 10.2. The van der Waals surface area contributed by atoms with Crippen molar-refractivity contribution in [3.63, 3.8) is 0 Å². The van der Waals surface area contributed by atoms with Crippen LogP contribution in [0.4, 0.5) is 11.4 Å². The van der Waals surface area contributed by atoms with Crippen molar-refractivity contribution >= 4 is 32.4 Å². The molecule has 3 heterocycles. The van der Waals surface area contributed by atoms with Crippen LogP contribution in [-0.2, 0) is 16.6 Å². The van der Waals surface area contributed by atoms with Crippen LogP contribution in [0.2, 0.25) is 0 Å². The molecule has 0 amide bonds. The monoisotopic (exact) mass is 609 g/mol. The van der Waals surface area contributed by atoms with Crippen molar-refractivity contribution in [2.75, 3.05) is 26.6 Å². The molecule has 3 aromatic heterocycles. The summed E-state index contributed by atoms with van der Waals surface area (Å²) >= 11 is 0. The summed E-state index contributed by atoms with van der Waals surface area (Å²) in [6.07, 6.45) is 6.85. The first-order chi connectivity index (χ1) is 21.3. The number of methoxy groups -OCH3 is 3. The Balaban J connectivity index is 1.46. The molecule has 3 aromatic carbocycles. The number of hydrogen-bond acceptors (Lipinski definition) is 8. The van der Waals surface area contributed by atoms with E-state index in [1.165, 1.54) is 3.97 Å². The highest BCUT2D eigenvalue weighted by atomic mass is 32.2. The first-order valence-corrected chi connectivity index (χ1v) is 15.2. The maximum absolute atomic E-state index is 13.9. The maximum atomic E-state index is 13.9. The Labute approximate surface area is 255 Å². The minimum Gasteiger partial charge on any atom is -0.493 e. The first-order valence-electron chi connectivity index (χ1n) is 13.8. The zero-order valence-electron chi connectivity index (χ0n) is 24.7. The molecule has 0 saturated heterocycles. The van der Waals surface area contributed by atoms with Crippen LogP contribution >= 0.6 is 0 Å². The number of pyridine rings is 1. The summed E-state index contributed by atoms with van der Waals surface area (Å²) in [5.74, 6) is 1.46. The fourth-order valence-electron chi connectivity index (χ4n) is 5.06. The first kappa shape index (κ1) is 28.8. The normalized spacial score (nSPS) is 11.5. The molecular formula is C33H31N5O5S. The standard InChI is InChI=1S/C33H31N5O5S/c1-22-10-12-27(13-11-22)44(39,40)38-21-29(24-17-35-37(20-24)19-23-8-6-5-7-9-23)28-14-26(18-34-33(28)38)36-25-15-30(41-2)32(43-4)31(16-25)42-3/h5-18,20-21,36H,19H2,1-4H3. The fraction of sp³-hybridized carbons (Fsp3) is 0.152. The lowest BCUT2D eigenvalue weighted by molar-refractivity contribution is 0.324. The van der Waals surface area contributed by atoms with Gasteiger partial charge in [0.1, 0.15) is 0 Å². The average molecular weight is 610 g/mol. The highest BCUT2D eigenvalue weighted by Crippen LogP contribution is 2.41. The Morgan fingerprint density at radius 2 is 1.52 bits per heavy atom. The van der Waals surface area contributed by atoms with Crippen molar-refractivity contribution in [1.29, 1.82) is 0 Å². The summed E-state index contributed by atoms with van der Waals surface area (Å²) < 4.78 is 47.3. The van der Waals surface area contributed by atoms with Crippen LogP contribution in [-0.4, -0.2) is 48.5 Å². The quantitative estimate of drug-likeness (QED) is 0.194. The third-order valence-corrected chi connectivity index (χ3v) is 8.94. The van der Waals surface area contributed by atoms with E-state index in [4.69, 9.17) is 14.2 Å². The minimum absolute atomic E-state index is 0.174. The number of aryl methyl sites for hydroxylation is 1. The topological polar surface area (TPSA) is 110 Å². The molecule has 6 aromatic rings. The summed E-state index contributed by atoms with van der Waals surface area (Å²) in [5, 5.41) is 8.54. The van der Waals surface area contributed by atoms with Gasteiger partial charge in [0.2, 0.25) is 5.75 Å². The van der Waals surface area contributed by atoms with Crippen LogP contribution in [0, 0.1) is 6.92 Å². The van der Waals surface area contributed by atoms with Gasteiger partial charge in [0, 0.05) is 46.7 Å². The van der Waals surface area contributed by atoms with E-state index >= 15 is 0 Å². The molecule has 0 saturated carbocycles. The lowest BCUT2D eigenvalue weighted by atomic mass is 10.1. The van der Waals surface area contributed by atoms with Gasteiger partial charge < -0.3 is 19.5 Å². The Bertz CT molecular complexity index is 2030. The number of nitrogens with one attached hydrogen (secondary N) is 1. The molecule has 0 radical (unpaired) electrons. The molecule has 0 aliphatic carbocycles. The van der Waals surface area contributed by atoms with Gasteiger partial charge in [-0.05, 0) is 30.7 Å². The summed E-state index contributed by atoms with van der Waals surface area (Å²) in [7, 11) is 0.700. The molecule has 0 spiro atoms. The lowest BCUT2D eigenvalue weighted by Crippen LogP contribution is -2.12. The average Bonchev–Trinajstić information content (AvgIpc) is 3.66. The van der Waals surface area contributed by atoms with E-state index in [0.717, 1.165) is 16.7 Å². The van der Waals surface area contributed by atoms with E-state index in [9.17, 15) is 8.42 Å². The zero-order chi connectivity index (χ0) is 30.8. The summed E-state index contributed by atoms with van der Waals surface area (Å²) in [5.41, 5.74) is 5.11. The number of ether oxygens (including phenoxy) is 3. The highest BCUT2D eigenvalue weighted by molar-refractivity contribution is 7.90. The zero-order valence-corrected chi connectivity index (χ0v) is 25.5. The van der Waals surface area contributed by atoms with Gasteiger partial charge in [0.15, 0.2) is 17.1 Å². The Hall–Kier alpha value is -5.29. The molecule has 0 aliphatic heterocycles. The number of aromatic nitrogens is 4. The Kier molecular flexibility index (Phi) is 7.71. The van der Waals surface area contributed by atoms with Gasteiger partial charge in [-0.3, -0.25) is 4.68 Å². The van der Waals surface area contributed by atoms with Gasteiger partial charge in [-0.25, -0.2) is 17.4 Å². The molecule has 44 heavy (non-hydrogen) atoms. The van der Waals surface area contributed by atoms with Gasteiger partial charge in [-0.2, -0.15) is 5.10 Å². The van der Waals surface area contributed by atoms with Crippen LogP contribution < -0.4 is 19.5 Å². The number of rotatable bonds is 10. The summed E-state index contributed by atoms with van der Waals surface area (Å²) in [6.45, 7) is 2.49. The van der Waals surface area contributed by atoms with Gasteiger partial charge in [0.05, 0.1) is 50.9 Å². The highest BCUT2D eigenvalue weighted by Gasteiger charge is 2.24. The molecule has 0 atom stereocenters. The van der Waals surface area contributed by atoms with Gasteiger partial charge >= 0.3 is 0 Å². The molecule has 1 N–H and O–H groups in total. The van der Waals surface area contributed by atoms with Crippen LogP contribution in [0.1, 0.15) is 11.1 Å². The van der Waals surface area contributed by atoms with Crippen molar-refractivity contribution < 1.29 is 22.6 Å². The SMILES string of the molecule is COc1cc(Nc2cnc3c(c2)c(-c2cnn(Cc4ccccc4)c2)cn3S(=O)(=O)c2ccc(C)cc2)cc(OC)c1OC. The number of fused-ring (bicyclic) bond motifs is 1. The molecule has 224 valence electrons. The molecule has 11 heteroatoms. The lowest BCUT2D eigenvalue weighted by Gasteiger charge is -2.15. The van der Waals surface area contributed by atoms with E-state index < -0.39 is 10.0 Å². The van der Waals surface area contributed by atoms with E-state index in [0.29, 0.717) is 51.8 Å². The summed E-state index contributed by atoms with van der Waals surface area (Å²) in [4.78, 5) is 4.81. The van der Waals surface area contributed by atoms with Crippen molar-refractivity contribution in [1.82, 2.24) is 18.7 Å². The molecule has 0 bridgehead atoms. The van der Waals surface area contributed by atoms with Crippen molar-refractivity contribution in [2.24, 2.45) is 0 Å². The van der Waals surface area contributed by atoms with E-state index in [1.807, 2.05) is 54.2 Å². The molecular weight excluding hydrogens is 578 g/mol. The smallest absolute Gasteiger partial charge is 0.269 e. The van der Waals surface area contributed by atoms with Crippen molar-refractivity contribution in [3.8, 4) is 28.4 Å². The molecule has 0 aliphatic rings. The van der Waals surface area contributed by atoms with Crippen LogP contribution in [0.5, 0.6) is 17.2 Å². The van der Waals surface area contributed by atoms with Gasteiger partial charge in [-0.15, -0.1) is 0 Å². The molecule has 0 unspecified atom stereocenters. The van der Waals surface area contributed by atoms with Crippen LogP contribution in [0.3, 0.4) is 0 Å². The van der Waals surface area contributed by atoms with Crippen LogP contribution in [0.15, 0.2) is 102 Å². The number of hydrogen-bond donors (Lipinski definition) is 1. The predicted octanol–water partition coefficient (Wildman–Crippen LogP) is 6.26. The van der Waals surface area contributed by atoms with Crippen LogP contribution in [0.25, 0.3) is 22.2 Å². The van der Waals surface area contributed by atoms with Gasteiger partial charge in [0.25, 0.3) is 10.0 Å². The fourth-order valence-corrected chi connectivity index (χ4v) is 6.39. The molecule has 0 fully saturated rings. The Morgan fingerprint density at radius 1 is 0.818 bits per heavy atom. The predicted molar refractivity (Wildman–Crippen MR) is 170 cm³/mol. The number of benzene rings is 3. The third-order valence-electron chi connectivity index (χ3n) is 7.27. The molecule has 6 rings (SSSR count). The maximum Gasteiger partial charge on any atom is 0.269 e. The summed E-state index contributed by atoms with van der Waals surface area (Å²) in [6, 6.07) is 22.2. The van der Waals surface area contributed by atoms with Gasteiger partial charge in [-0.1, -0.05) is 48.0 Å². The number of nitrogens with zero attached hydrogens (tertiary/aromatic N) is 4. The second kappa shape index (κ2) is 11.8. The van der Waals surface area contributed by atoms with E-state index in [2.05, 4.69) is 15.4 Å². The Morgan fingerprint density at radius 3 is 2.18 bits per heavy atom. The third kappa shape index (κ3) is 5.45. The van der Waals surface area contributed by atoms with Crippen molar-refractivity contribution in [2.45, 2.75) is 18.4 Å². The minimum atomic E-state index is -3.95.